The van der Waals surface area contributed by atoms with Crippen molar-refractivity contribution in [1.82, 2.24) is 9.97 Å². The Labute approximate surface area is 177 Å². The number of nitrogens with zero attached hydrogens (tertiary/aromatic N) is 4. The summed E-state index contributed by atoms with van der Waals surface area (Å²) in [5, 5.41) is 10.7. The maximum absolute atomic E-state index is 13.3. The molecule has 0 atom stereocenters. The highest BCUT2D eigenvalue weighted by Crippen LogP contribution is 2.41. The number of thiazole rings is 1. The molecule has 0 bridgehead atoms. The van der Waals surface area contributed by atoms with Gasteiger partial charge in [-0.05, 0) is 46.3 Å². The monoisotopic (exact) mass is 470 g/mol. The molecular weight excluding hydrogens is 459 g/mol. The van der Waals surface area contributed by atoms with Crippen molar-refractivity contribution >= 4 is 55.0 Å². The van der Waals surface area contributed by atoms with E-state index in [1.54, 1.807) is 30.3 Å². The van der Waals surface area contributed by atoms with Crippen molar-refractivity contribution in [3.05, 3.63) is 57.5 Å². The van der Waals surface area contributed by atoms with Crippen LogP contribution in [-0.4, -0.2) is 22.8 Å². The van der Waals surface area contributed by atoms with Crippen LogP contribution in [0, 0.1) is 17.1 Å². The summed E-state index contributed by atoms with van der Waals surface area (Å²) in [6.07, 6.45) is 1.59. The average molecular weight is 471 g/mol. The summed E-state index contributed by atoms with van der Waals surface area (Å²) < 4.78 is 19.7. The fourth-order valence-corrected chi connectivity index (χ4v) is 4.13. The van der Waals surface area contributed by atoms with Crippen LogP contribution in [0.4, 0.5) is 15.2 Å². The second-order valence-electron chi connectivity index (χ2n) is 6.19. The molecule has 6 nitrogen and oxygen atoms in total. The second-order valence-corrected chi connectivity index (χ2v) is 8.09. The van der Waals surface area contributed by atoms with Gasteiger partial charge in [0, 0.05) is 30.2 Å². The van der Waals surface area contributed by atoms with E-state index in [-0.39, 0.29) is 17.4 Å². The lowest BCUT2D eigenvalue weighted by Crippen LogP contribution is -2.11. The number of carbonyl (C=O) groups excluding carboxylic acids is 1. The van der Waals surface area contributed by atoms with E-state index < -0.39 is 0 Å². The Morgan fingerprint density at radius 3 is 2.72 bits per heavy atom. The fraction of sp³-hybridized carbons (Fsp3) is 0.100. The van der Waals surface area contributed by atoms with Gasteiger partial charge in [0.1, 0.15) is 28.1 Å². The molecule has 0 aliphatic heterocycles. The molecule has 0 spiro atoms. The minimum atomic E-state index is -0.367. The molecule has 4 aromatic rings. The van der Waals surface area contributed by atoms with Crippen molar-refractivity contribution in [2.75, 3.05) is 11.9 Å². The Morgan fingerprint density at radius 2 is 2.07 bits per heavy atom. The van der Waals surface area contributed by atoms with Crippen LogP contribution in [0.15, 0.2) is 45.4 Å². The van der Waals surface area contributed by atoms with Crippen LogP contribution in [-0.2, 0) is 0 Å². The number of benzene rings is 1. The van der Waals surface area contributed by atoms with E-state index in [9.17, 15) is 14.4 Å². The molecule has 0 radical (unpaired) electrons. The maximum atomic E-state index is 13.3. The molecule has 0 unspecified atom stereocenters. The molecule has 0 aliphatic rings. The summed E-state index contributed by atoms with van der Waals surface area (Å²) in [4.78, 5) is 23.1. The Hall–Kier alpha value is -3.09. The first-order chi connectivity index (χ1) is 13.9. The molecule has 0 amide bonds. The molecule has 144 valence electrons. The van der Waals surface area contributed by atoms with E-state index in [0.29, 0.717) is 38.1 Å². The number of pyridine rings is 1. The van der Waals surface area contributed by atoms with Crippen LogP contribution < -0.4 is 4.90 Å². The number of halogens is 2. The number of Topliss-reactive ketones (excluding diaryl/α,β-unsaturated/α-hetero) is 1. The van der Waals surface area contributed by atoms with Crippen molar-refractivity contribution < 1.29 is 13.6 Å². The first-order valence-corrected chi connectivity index (χ1v) is 9.99. The molecule has 0 N–H and O–H groups in total. The van der Waals surface area contributed by atoms with Gasteiger partial charge < -0.3 is 9.32 Å². The summed E-state index contributed by atoms with van der Waals surface area (Å²) in [5.74, 6) is -0.462. The van der Waals surface area contributed by atoms with Crippen LogP contribution in [0.5, 0.6) is 0 Å². The van der Waals surface area contributed by atoms with Gasteiger partial charge in [0.25, 0.3) is 0 Å². The number of rotatable bonds is 4. The topological polar surface area (TPSA) is 83.0 Å². The normalized spacial score (nSPS) is 10.9. The summed E-state index contributed by atoms with van der Waals surface area (Å²) in [7, 11) is 1.74. The molecule has 0 saturated heterocycles. The number of fused-ring (bicyclic) bond motifs is 1. The van der Waals surface area contributed by atoms with Gasteiger partial charge in [-0.15, -0.1) is 0 Å². The van der Waals surface area contributed by atoms with E-state index in [1.165, 1.54) is 30.4 Å². The Bertz CT molecular complexity index is 1290. The quantitative estimate of drug-likeness (QED) is 0.356. The van der Waals surface area contributed by atoms with Gasteiger partial charge in [-0.3, -0.25) is 4.79 Å². The first-order valence-electron chi connectivity index (χ1n) is 8.38. The van der Waals surface area contributed by atoms with Crippen LogP contribution in [0.25, 0.3) is 22.4 Å². The Morgan fingerprint density at radius 1 is 1.34 bits per heavy atom. The Balaban J connectivity index is 1.87. The number of carbonyl (C=O) groups is 1. The zero-order chi connectivity index (χ0) is 20.7. The summed E-state index contributed by atoms with van der Waals surface area (Å²) in [5.41, 5.74) is 1.93. The van der Waals surface area contributed by atoms with Gasteiger partial charge in [-0.1, -0.05) is 11.3 Å². The third-order valence-electron chi connectivity index (χ3n) is 4.26. The lowest BCUT2D eigenvalue weighted by molar-refractivity contribution is 0.0990. The van der Waals surface area contributed by atoms with Crippen molar-refractivity contribution in [2.24, 2.45) is 0 Å². The van der Waals surface area contributed by atoms with Gasteiger partial charge >= 0.3 is 0 Å². The number of furan rings is 1. The highest BCUT2D eigenvalue weighted by atomic mass is 79.9. The van der Waals surface area contributed by atoms with Crippen LogP contribution in [0.1, 0.15) is 22.4 Å². The van der Waals surface area contributed by atoms with Gasteiger partial charge in [-0.2, -0.15) is 5.26 Å². The summed E-state index contributed by atoms with van der Waals surface area (Å²) in [6.45, 7) is 1.41. The zero-order valence-electron chi connectivity index (χ0n) is 15.2. The number of anilines is 2. The van der Waals surface area contributed by atoms with Gasteiger partial charge in [0.05, 0.1) is 5.39 Å². The van der Waals surface area contributed by atoms with Crippen molar-refractivity contribution in [3.8, 4) is 17.3 Å². The van der Waals surface area contributed by atoms with E-state index in [1.807, 2.05) is 6.07 Å². The third kappa shape index (κ3) is 3.41. The Kier molecular flexibility index (Phi) is 4.90. The number of aromatic nitrogens is 2. The average Bonchev–Trinajstić information content (AvgIpc) is 3.29. The molecule has 29 heavy (non-hydrogen) atoms. The minimum Gasteiger partial charge on any atom is -0.432 e. The molecule has 3 heterocycles. The predicted octanol–water partition coefficient (Wildman–Crippen LogP) is 5.70. The molecule has 4 rings (SSSR count). The van der Waals surface area contributed by atoms with Crippen LogP contribution in [0.2, 0.25) is 0 Å². The van der Waals surface area contributed by atoms with E-state index in [0.717, 1.165) is 4.47 Å². The smallest absolute Gasteiger partial charge is 0.229 e. The second kappa shape index (κ2) is 7.39. The fourth-order valence-electron chi connectivity index (χ4n) is 2.94. The highest BCUT2D eigenvalue weighted by Gasteiger charge is 2.25. The zero-order valence-corrected chi connectivity index (χ0v) is 17.6. The summed E-state index contributed by atoms with van der Waals surface area (Å²) in [6, 6.07) is 9.73. The van der Waals surface area contributed by atoms with E-state index in [4.69, 9.17) is 4.42 Å². The molecule has 1 aromatic carbocycles. The van der Waals surface area contributed by atoms with Crippen LogP contribution in [0.3, 0.4) is 0 Å². The number of nitriles is 1. The largest absolute Gasteiger partial charge is 0.432 e. The maximum Gasteiger partial charge on any atom is 0.229 e. The van der Waals surface area contributed by atoms with Gasteiger partial charge in [-0.25, -0.2) is 14.4 Å². The molecule has 0 fully saturated rings. The van der Waals surface area contributed by atoms with E-state index in [2.05, 4.69) is 32.0 Å². The van der Waals surface area contributed by atoms with Crippen molar-refractivity contribution in [2.45, 2.75) is 6.92 Å². The standard InChI is InChI=1S/C20H12BrFN4O2S/c1-10(27)18-17(14-7-12(21)9-24-19(14)28-18)26(2)20-25-16(15(8-23)29-20)11-3-5-13(22)6-4-11/h3-7,9H,1-2H3. The molecular formula is C20H12BrFN4O2S. The molecule has 9 heteroatoms. The third-order valence-corrected chi connectivity index (χ3v) is 5.73. The summed E-state index contributed by atoms with van der Waals surface area (Å²) >= 11 is 4.56. The van der Waals surface area contributed by atoms with E-state index >= 15 is 0 Å². The number of hydrogen-bond donors (Lipinski definition) is 0. The van der Waals surface area contributed by atoms with Crippen LogP contribution >= 0.6 is 27.3 Å². The minimum absolute atomic E-state index is 0.158. The molecule has 0 aliphatic carbocycles. The van der Waals surface area contributed by atoms with Crippen molar-refractivity contribution in [1.29, 1.82) is 5.26 Å². The lowest BCUT2D eigenvalue weighted by Gasteiger charge is -2.15. The van der Waals surface area contributed by atoms with Gasteiger partial charge in [0.15, 0.2) is 16.7 Å². The molecule has 0 saturated carbocycles. The lowest BCUT2D eigenvalue weighted by atomic mass is 10.1. The predicted molar refractivity (Wildman–Crippen MR) is 112 cm³/mol. The number of hydrogen-bond acceptors (Lipinski definition) is 7. The highest BCUT2D eigenvalue weighted by molar-refractivity contribution is 9.10. The first kappa shape index (κ1) is 19.2. The van der Waals surface area contributed by atoms with Crippen molar-refractivity contribution in [3.63, 3.8) is 0 Å². The number of ketones is 1. The van der Waals surface area contributed by atoms with Gasteiger partial charge in [0.2, 0.25) is 5.71 Å². The molecule has 3 aromatic heterocycles. The SMILES string of the molecule is CC(=O)c1oc2ncc(Br)cc2c1N(C)c1nc(-c2ccc(F)cc2)c(C#N)s1.